The maximum Gasteiger partial charge on any atom is 0.122 e. The molecule has 3 aromatic rings. The van der Waals surface area contributed by atoms with Gasteiger partial charge in [-0.05, 0) is 22.8 Å². The van der Waals surface area contributed by atoms with Gasteiger partial charge in [0, 0.05) is 24.2 Å². The maximum atomic E-state index is 11.7. The zero-order valence-electron chi connectivity index (χ0n) is 12.2. The Kier molecular flexibility index (Phi) is 3.05. The van der Waals surface area contributed by atoms with Gasteiger partial charge in [0.1, 0.15) is 5.60 Å². The smallest absolute Gasteiger partial charge is 0.122 e. The Balaban J connectivity index is 1.88. The van der Waals surface area contributed by atoms with Crippen LogP contribution in [0.3, 0.4) is 0 Å². The van der Waals surface area contributed by atoms with E-state index in [1.54, 1.807) is 0 Å². The number of hydrogen-bond acceptors (Lipinski definition) is 2. The second-order valence-electron chi connectivity index (χ2n) is 5.79. The maximum absolute atomic E-state index is 11.7. The van der Waals surface area contributed by atoms with Gasteiger partial charge < -0.3 is 5.11 Å². The first kappa shape index (κ1) is 13.2. The highest BCUT2D eigenvalue weighted by atomic mass is 16.3. The summed E-state index contributed by atoms with van der Waals surface area (Å²) in [7, 11) is 0. The largest absolute Gasteiger partial charge is 0.380 e. The van der Waals surface area contributed by atoms with E-state index in [-0.39, 0.29) is 5.92 Å². The molecule has 0 bridgehead atoms. The van der Waals surface area contributed by atoms with Gasteiger partial charge in [-0.25, -0.2) is 0 Å². The molecule has 2 aromatic carbocycles. The first-order valence-corrected chi connectivity index (χ1v) is 7.57. The van der Waals surface area contributed by atoms with Crippen molar-refractivity contribution in [1.29, 1.82) is 0 Å². The Morgan fingerprint density at radius 1 is 0.818 bits per heavy atom. The molecule has 0 spiro atoms. The van der Waals surface area contributed by atoms with E-state index < -0.39 is 5.60 Å². The summed E-state index contributed by atoms with van der Waals surface area (Å²) in [6.45, 7) is 0. The van der Waals surface area contributed by atoms with Crippen LogP contribution in [0.2, 0.25) is 0 Å². The van der Waals surface area contributed by atoms with Crippen molar-refractivity contribution in [1.82, 2.24) is 4.98 Å². The molecule has 1 N–H and O–H groups in total. The second kappa shape index (κ2) is 5.08. The fourth-order valence-corrected chi connectivity index (χ4v) is 3.44. The molecule has 2 heteroatoms. The molecule has 108 valence electrons. The Morgan fingerprint density at radius 2 is 1.41 bits per heavy atom. The molecule has 0 aliphatic heterocycles. The van der Waals surface area contributed by atoms with Crippen molar-refractivity contribution in [3.63, 3.8) is 0 Å². The molecule has 0 radical (unpaired) electrons. The molecular formula is C20H17NO. The van der Waals surface area contributed by atoms with Crippen LogP contribution in [0.1, 0.15) is 28.3 Å². The number of hydrogen-bond donors (Lipinski definition) is 1. The lowest BCUT2D eigenvalue weighted by Gasteiger charge is -2.43. The summed E-state index contributed by atoms with van der Waals surface area (Å²) in [5.41, 5.74) is 3.09. The fraction of sp³-hybridized carbons (Fsp3) is 0.150. The van der Waals surface area contributed by atoms with Crippen molar-refractivity contribution in [2.75, 3.05) is 0 Å². The standard InChI is InChI=1S/C20H17NO/c22-20(15-8-3-1-4-9-15,16-10-5-2-6-11-16)18-14-19-17(18)12-7-13-21-19/h1-13,18,22H,14H2/t18-/m0/s1. The number of aromatic nitrogens is 1. The lowest BCUT2D eigenvalue weighted by molar-refractivity contribution is 0.0399. The molecule has 1 atom stereocenters. The molecular weight excluding hydrogens is 270 g/mol. The average Bonchev–Trinajstić information content (AvgIpc) is 2.57. The first-order valence-electron chi connectivity index (χ1n) is 7.57. The summed E-state index contributed by atoms with van der Waals surface area (Å²) in [5.74, 6) is 0.0426. The van der Waals surface area contributed by atoms with E-state index in [4.69, 9.17) is 0 Å². The van der Waals surface area contributed by atoms with E-state index in [0.29, 0.717) is 0 Å². The van der Waals surface area contributed by atoms with Gasteiger partial charge >= 0.3 is 0 Å². The highest BCUT2D eigenvalue weighted by Crippen LogP contribution is 2.49. The predicted molar refractivity (Wildman–Crippen MR) is 86.6 cm³/mol. The molecule has 1 aromatic heterocycles. The molecule has 0 unspecified atom stereocenters. The Hall–Kier alpha value is -2.45. The molecule has 0 fully saturated rings. The first-order chi connectivity index (χ1) is 10.8. The summed E-state index contributed by atoms with van der Waals surface area (Å²) in [6, 6.07) is 23.9. The van der Waals surface area contributed by atoms with E-state index in [1.807, 2.05) is 72.9 Å². The Bertz CT molecular complexity index is 744. The molecule has 22 heavy (non-hydrogen) atoms. The summed E-state index contributed by atoms with van der Waals surface area (Å²) >= 11 is 0. The van der Waals surface area contributed by atoms with Gasteiger partial charge in [-0.1, -0.05) is 66.7 Å². The lowest BCUT2D eigenvalue weighted by Crippen LogP contribution is -2.41. The second-order valence-corrected chi connectivity index (χ2v) is 5.79. The normalized spacial score (nSPS) is 16.7. The van der Waals surface area contributed by atoms with Crippen LogP contribution in [0, 0.1) is 0 Å². The van der Waals surface area contributed by atoms with Crippen LogP contribution >= 0.6 is 0 Å². The molecule has 4 rings (SSSR count). The third-order valence-corrected chi connectivity index (χ3v) is 4.63. The highest BCUT2D eigenvalue weighted by molar-refractivity contribution is 5.47. The van der Waals surface area contributed by atoms with Crippen molar-refractivity contribution in [3.05, 3.63) is 101 Å². The zero-order chi connectivity index (χ0) is 15.0. The van der Waals surface area contributed by atoms with Crippen molar-refractivity contribution < 1.29 is 5.11 Å². The summed E-state index contributed by atoms with van der Waals surface area (Å²) in [6.07, 6.45) is 2.62. The third-order valence-electron chi connectivity index (χ3n) is 4.63. The van der Waals surface area contributed by atoms with Gasteiger partial charge in [0.05, 0.1) is 0 Å². The van der Waals surface area contributed by atoms with Gasteiger partial charge in [-0.3, -0.25) is 4.98 Å². The van der Waals surface area contributed by atoms with E-state index in [2.05, 4.69) is 11.1 Å². The van der Waals surface area contributed by atoms with Gasteiger partial charge in [0.25, 0.3) is 0 Å². The minimum atomic E-state index is -1.02. The molecule has 1 aliphatic rings. The predicted octanol–water partition coefficient (Wildman–Crippen LogP) is 3.66. The van der Waals surface area contributed by atoms with Crippen LogP contribution in [-0.4, -0.2) is 10.1 Å². The van der Waals surface area contributed by atoms with E-state index in [9.17, 15) is 5.11 Å². The minimum Gasteiger partial charge on any atom is -0.380 e. The molecule has 2 nitrogen and oxygen atoms in total. The number of fused-ring (bicyclic) bond motifs is 1. The topological polar surface area (TPSA) is 33.1 Å². The Labute approximate surface area is 130 Å². The highest BCUT2D eigenvalue weighted by Gasteiger charge is 2.46. The number of benzene rings is 2. The molecule has 1 aliphatic carbocycles. The Morgan fingerprint density at radius 3 is 1.95 bits per heavy atom. The van der Waals surface area contributed by atoms with Crippen molar-refractivity contribution in [3.8, 4) is 0 Å². The quantitative estimate of drug-likeness (QED) is 0.797. The SMILES string of the molecule is OC(c1ccccc1)(c1ccccc1)[C@H]1Cc2ncccc21. The monoisotopic (exact) mass is 287 g/mol. The molecule has 1 heterocycles. The van der Waals surface area contributed by atoms with Crippen LogP contribution in [0.25, 0.3) is 0 Å². The van der Waals surface area contributed by atoms with Crippen molar-refractivity contribution >= 4 is 0 Å². The molecule has 0 saturated carbocycles. The lowest BCUT2D eigenvalue weighted by atomic mass is 9.65. The minimum absolute atomic E-state index is 0.0426. The van der Waals surface area contributed by atoms with Crippen molar-refractivity contribution in [2.45, 2.75) is 17.9 Å². The zero-order valence-corrected chi connectivity index (χ0v) is 12.2. The van der Waals surface area contributed by atoms with E-state index in [1.165, 1.54) is 0 Å². The van der Waals surface area contributed by atoms with Crippen LogP contribution in [0.4, 0.5) is 0 Å². The fourth-order valence-electron chi connectivity index (χ4n) is 3.44. The number of pyridine rings is 1. The van der Waals surface area contributed by atoms with E-state index in [0.717, 1.165) is 28.8 Å². The van der Waals surface area contributed by atoms with Crippen LogP contribution in [0.5, 0.6) is 0 Å². The van der Waals surface area contributed by atoms with Crippen LogP contribution in [0.15, 0.2) is 79.0 Å². The molecule has 0 amide bonds. The molecule has 0 saturated heterocycles. The third kappa shape index (κ3) is 1.88. The van der Waals surface area contributed by atoms with Crippen LogP contribution < -0.4 is 0 Å². The summed E-state index contributed by atoms with van der Waals surface area (Å²) in [4.78, 5) is 4.41. The number of nitrogens with zero attached hydrogens (tertiary/aromatic N) is 1. The van der Waals surface area contributed by atoms with E-state index >= 15 is 0 Å². The van der Waals surface area contributed by atoms with Gasteiger partial charge in [-0.2, -0.15) is 0 Å². The van der Waals surface area contributed by atoms with Crippen molar-refractivity contribution in [2.24, 2.45) is 0 Å². The van der Waals surface area contributed by atoms with Crippen LogP contribution in [-0.2, 0) is 12.0 Å². The van der Waals surface area contributed by atoms with Gasteiger partial charge in [-0.15, -0.1) is 0 Å². The average molecular weight is 287 g/mol. The summed E-state index contributed by atoms with van der Waals surface area (Å²) < 4.78 is 0. The number of aliphatic hydroxyl groups is 1. The van der Waals surface area contributed by atoms with Gasteiger partial charge in [0.2, 0.25) is 0 Å². The van der Waals surface area contributed by atoms with Gasteiger partial charge in [0.15, 0.2) is 0 Å². The summed E-state index contributed by atoms with van der Waals surface area (Å²) in [5, 5.41) is 11.7. The number of rotatable bonds is 3.